The van der Waals surface area contributed by atoms with Crippen LogP contribution in [-0.4, -0.2) is 0 Å². The van der Waals surface area contributed by atoms with E-state index < -0.39 is 11.6 Å². The third-order valence-corrected chi connectivity index (χ3v) is 3.90. The Morgan fingerprint density at radius 1 is 0.864 bits per heavy atom. The molecule has 3 heteroatoms. The van der Waals surface area contributed by atoms with Crippen molar-refractivity contribution in [2.45, 2.75) is 6.92 Å². The second-order valence-electron chi connectivity index (χ2n) is 5.14. The molecule has 0 fully saturated rings. The van der Waals surface area contributed by atoms with Gasteiger partial charge in [-0.15, -0.1) is 9.24 Å². The van der Waals surface area contributed by atoms with Crippen LogP contribution >= 0.6 is 9.24 Å². The highest BCUT2D eigenvalue weighted by molar-refractivity contribution is 7.27. The third-order valence-electron chi connectivity index (χ3n) is 3.48. The molecule has 0 saturated carbocycles. The van der Waals surface area contributed by atoms with Crippen molar-refractivity contribution in [2.24, 2.45) is 0 Å². The molecule has 0 aliphatic heterocycles. The molecule has 0 N–H and O–H groups in total. The summed E-state index contributed by atoms with van der Waals surface area (Å²) in [5.74, 6) is -1.70. The Morgan fingerprint density at radius 3 is 2.00 bits per heavy atom. The van der Waals surface area contributed by atoms with Crippen LogP contribution in [0.4, 0.5) is 8.78 Å². The molecule has 1 aliphatic rings. The summed E-state index contributed by atoms with van der Waals surface area (Å²) in [6.07, 6.45) is 3.74. The summed E-state index contributed by atoms with van der Waals surface area (Å²) in [4.78, 5) is 0. The summed E-state index contributed by atoms with van der Waals surface area (Å²) in [7, 11) is 2.20. The van der Waals surface area contributed by atoms with Crippen LogP contribution in [0.2, 0.25) is 0 Å². The fourth-order valence-corrected chi connectivity index (χ4v) is 2.54. The first kappa shape index (κ1) is 14.7. The maximum Gasteiger partial charge on any atom is 0.165 e. The number of allylic oxidation sites excluding steroid dienone is 4. The van der Waals surface area contributed by atoms with Gasteiger partial charge in [0, 0.05) is 16.5 Å². The van der Waals surface area contributed by atoms with Gasteiger partial charge in [0.15, 0.2) is 11.6 Å². The minimum Gasteiger partial charge on any atom is -0.204 e. The highest BCUT2D eigenvalue weighted by Crippen LogP contribution is 2.24. The number of hydrogen-bond acceptors (Lipinski definition) is 0. The molecule has 0 radical (unpaired) electrons. The van der Waals surface area contributed by atoms with E-state index in [9.17, 15) is 8.78 Å². The van der Waals surface area contributed by atoms with Crippen LogP contribution in [-0.2, 0) is 0 Å². The van der Waals surface area contributed by atoms with Crippen LogP contribution in [0.1, 0.15) is 16.7 Å². The monoisotopic (exact) mass is 310 g/mol. The van der Waals surface area contributed by atoms with Crippen molar-refractivity contribution in [3.05, 3.63) is 88.3 Å². The van der Waals surface area contributed by atoms with E-state index in [1.165, 1.54) is 11.6 Å². The number of halogens is 2. The van der Waals surface area contributed by atoms with Crippen molar-refractivity contribution in [3.8, 4) is 0 Å². The number of rotatable bonds is 2. The molecule has 1 unspecified atom stereocenters. The van der Waals surface area contributed by atoms with Gasteiger partial charge in [-0.1, -0.05) is 41.3 Å². The fourth-order valence-electron chi connectivity index (χ4n) is 2.22. The summed E-state index contributed by atoms with van der Waals surface area (Å²) in [5, 5.41) is 0.200. The van der Waals surface area contributed by atoms with Crippen LogP contribution in [0.5, 0.6) is 0 Å². The molecule has 0 heterocycles. The second kappa shape index (κ2) is 5.87. The summed E-state index contributed by atoms with van der Waals surface area (Å²) in [6.45, 7) is 2.03. The van der Waals surface area contributed by atoms with Gasteiger partial charge in [-0.2, -0.15) is 0 Å². The average Bonchev–Trinajstić information content (AvgIpc) is 2.53. The normalized spacial score (nSPS) is 13.1. The molecule has 0 spiro atoms. The number of benzene rings is 2. The Labute approximate surface area is 130 Å². The minimum atomic E-state index is -0.862. The maximum absolute atomic E-state index is 13.5. The van der Waals surface area contributed by atoms with Crippen LogP contribution in [0.15, 0.2) is 60.0 Å². The van der Waals surface area contributed by atoms with Gasteiger partial charge in [-0.25, -0.2) is 8.78 Å². The Bertz CT molecular complexity index is 853. The SMILES string of the molecule is Cc1ccc(C2=C=C=C(c3cc(F)c(F)c(P)c3)C=C2)cc1. The molecule has 1 atom stereocenters. The zero-order chi connectivity index (χ0) is 15.7. The summed E-state index contributed by atoms with van der Waals surface area (Å²) >= 11 is 0. The van der Waals surface area contributed by atoms with Crippen molar-refractivity contribution in [1.82, 2.24) is 0 Å². The van der Waals surface area contributed by atoms with E-state index in [2.05, 4.69) is 20.7 Å². The van der Waals surface area contributed by atoms with E-state index >= 15 is 0 Å². The van der Waals surface area contributed by atoms with E-state index in [1.54, 1.807) is 6.07 Å². The molecule has 3 rings (SSSR count). The predicted molar refractivity (Wildman–Crippen MR) is 89.9 cm³/mol. The first-order valence-corrected chi connectivity index (χ1v) is 7.38. The van der Waals surface area contributed by atoms with Crippen molar-refractivity contribution in [2.75, 3.05) is 0 Å². The number of hydrogen-bond donors (Lipinski definition) is 0. The van der Waals surface area contributed by atoms with E-state index in [4.69, 9.17) is 0 Å². The van der Waals surface area contributed by atoms with Gasteiger partial charge in [-0.05, 0) is 42.3 Å². The molecule has 1 aliphatic carbocycles. The van der Waals surface area contributed by atoms with Crippen molar-refractivity contribution in [1.29, 1.82) is 0 Å². The van der Waals surface area contributed by atoms with Crippen molar-refractivity contribution in [3.63, 3.8) is 0 Å². The smallest absolute Gasteiger partial charge is 0.165 e. The first-order valence-electron chi connectivity index (χ1n) is 6.80. The van der Waals surface area contributed by atoms with Gasteiger partial charge >= 0.3 is 0 Å². The van der Waals surface area contributed by atoms with Crippen molar-refractivity contribution >= 4 is 25.7 Å². The lowest BCUT2D eigenvalue weighted by Gasteiger charge is -2.07. The molecule has 0 saturated heterocycles. The molecular weight excluding hydrogens is 297 g/mol. The van der Waals surface area contributed by atoms with Crippen molar-refractivity contribution < 1.29 is 8.78 Å². The molecule has 0 bridgehead atoms. The molecule has 0 nitrogen and oxygen atoms in total. The zero-order valence-electron chi connectivity index (χ0n) is 12.0. The van der Waals surface area contributed by atoms with Crippen LogP contribution < -0.4 is 5.30 Å². The molecule has 108 valence electrons. The van der Waals surface area contributed by atoms with Gasteiger partial charge in [0.1, 0.15) is 0 Å². The van der Waals surface area contributed by atoms with Gasteiger partial charge in [0.25, 0.3) is 0 Å². The molecular formula is C19H13F2P. The highest BCUT2D eigenvalue weighted by Gasteiger charge is 2.10. The molecule has 22 heavy (non-hydrogen) atoms. The fraction of sp³-hybridized carbons (Fsp3) is 0.0526. The van der Waals surface area contributed by atoms with Gasteiger partial charge < -0.3 is 0 Å². The Kier molecular flexibility index (Phi) is 3.92. The highest BCUT2D eigenvalue weighted by atomic mass is 31.0. The quantitative estimate of drug-likeness (QED) is 0.563. The summed E-state index contributed by atoms with van der Waals surface area (Å²) in [6, 6.07) is 10.9. The van der Waals surface area contributed by atoms with Gasteiger partial charge in [0.2, 0.25) is 0 Å². The van der Waals surface area contributed by atoms with Crippen LogP contribution in [0, 0.1) is 18.6 Å². The average molecular weight is 310 g/mol. The maximum atomic E-state index is 13.5. The van der Waals surface area contributed by atoms with Gasteiger partial charge in [0.05, 0.1) is 0 Å². The lowest BCUT2D eigenvalue weighted by Crippen LogP contribution is -2.03. The molecule has 0 amide bonds. The third kappa shape index (κ3) is 2.86. The topological polar surface area (TPSA) is 0 Å². The minimum absolute atomic E-state index is 0.200. The lowest BCUT2D eigenvalue weighted by atomic mass is 9.98. The summed E-state index contributed by atoms with van der Waals surface area (Å²) < 4.78 is 26.8. The Hall–Kier alpha value is -2.23. The molecule has 2 aromatic rings. The lowest BCUT2D eigenvalue weighted by molar-refractivity contribution is 0.514. The van der Waals surface area contributed by atoms with E-state index in [0.717, 1.165) is 11.1 Å². The molecule has 0 aromatic heterocycles. The Morgan fingerprint density at radius 2 is 1.45 bits per heavy atom. The number of aryl methyl sites for hydroxylation is 1. The summed E-state index contributed by atoms with van der Waals surface area (Å²) in [5.41, 5.74) is 10.5. The van der Waals surface area contributed by atoms with E-state index in [0.29, 0.717) is 11.1 Å². The van der Waals surface area contributed by atoms with Crippen LogP contribution in [0.3, 0.4) is 0 Å². The first-order chi connectivity index (χ1) is 10.5. The van der Waals surface area contributed by atoms with Gasteiger partial charge in [-0.3, -0.25) is 0 Å². The molecule has 2 aromatic carbocycles. The van der Waals surface area contributed by atoms with E-state index in [1.807, 2.05) is 43.3 Å². The predicted octanol–water partition coefficient (Wildman–Crippen LogP) is 4.56. The second-order valence-corrected chi connectivity index (χ2v) is 5.76. The van der Waals surface area contributed by atoms with E-state index in [-0.39, 0.29) is 5.30 Å². The van der Waals surface area contributed by atoms with Crippen LogP contribution in [0.25, 0.3) is 11.1 Å². The zero-order valence-corrected chi connectivity index (χ0v) is 13.1. The Balaban J connectivity index is 2.06. The largest absolute Gasteiger partial charge is 0.204 e. The standard InChI is InChI=1S/C19H13F2P/c1-12-2-4-13(5-3-12)14-6-8-15(9-7-14)16-10-17(20)19(21)18(22)11-16/h2-6,8,10-11H,22H2,1H3.